The third-order valence-corrected chi connectivity index (χ3v) is 6.53. The number of imide groups is 1. The van der Waals surface area contributed by atoms with E-state index in [0.717, 1.165) is 24.8 Å². The monoisotopic (exact) mass is 360 g/mol. The van der Waals surface area contributed by atoms with Crippen LogP contribution in [0.3, 0.4) is 0 Å². The number of hydrogen-bond donors (Lipinski definition) is 1. The Kier molecular flexibility index (Phi) is 4.07. The maximum Gasteiger partial charge on any atom is 0.233 e. The number of benzene rings is 1. The van der Waals surface area contributed by atoms with Crippen LogP contribution in [0.4, 0.5) is 5.69 Å². The van der Waals surface area contributed by atoms with Crippen LogP contribution >= 0.6 is 11.6 Å². The molecule has 0 spiro atoms. The first-order valence-electron chi connectivity index (χ1n) is 8.87. The van der Waals surface area contributed by atoms with E-state index in [9.17, 15) is 14.4 Å². The lowest BCUT2D eigenvalue weighted by atomic mass is 9.81. The van der Waals surface area contributed by atoms with Gasteiger partial charge in [-0.3, -0.25) is 19.3 Å². The molecule has 5 nitrogen and oxygen atoms in total. The molecule has 1 aromatic carbocycles. The van der Waals surface area contributed by atoms with Gasteiger partial charge in [-0.05, 0) is 55.7 Å². The number of halogens is 1. The van der Waals surface area contributed by atoms with Gasteiger partial charge in [-0.25, -0.2) is 0 Å². The van der Waals surface area contributed by atoms with E-state index >= 15 is 0 Å². The minimum absolute atomic E-state index is 0.0612. The fraction of sp³-hybridized carbons (Fsp3) is 0.526. The smallest absolute Gasteiger partial charge is 0.233 e. The van der Waals surface area contributed by atoms with Crippen molar-refractivity contribution in [3.05, 3.63) is 28.8 Å². The molecular weight excluding hydrogens is 340 g/mol. The Hall–Kier alpha value is -1.88. The van der Waals surface area contributed by atoms with Gasteiger partial charge >= 0.3 is 0 Å². The van der Waals surface area contributed by atoms with Crippen molar-refractivity contribution in [3.63, 3.8) is 0 Å². The summed E-state index contributed by atoms with van der Waals surface area (Å²) >= 11 is 6.06. The SMILES string of the molecule is Cc1c(Cl)cccc1NC(=O)CCN1C(=O)[C@@H]2[C@@H]3CC[C@@H](C3)[C@@H]2C1=O. The van der Waals surface area contributed by atoms with E-state index in [4.69, 9.17) is 11.6 Å². The van der Waals surface area contributed by atoms with Gasteiger partial charge < -0.3 is 5.32 Å². The van der Waals surface area contributed by atoms with Gasteiger partial charge in [0.15, 0.2) is 0 Å². The van der Waals surface area contributed by atoms with Gasteiger partial charge in [0.05, 0.1) is 11.8 Å². The molecule has 3 aliphatic rings. The second-order valence-electron chi connectivity index (χ2n) is 7.42. The van der Waals surface area contributed by atoms with Crippen LogP contribution in [0, 0.1) is 30.6 Å². The van der Waals surface area contributed by atoms with Crippen molar-refractivity contribution in [2.24, 2.45) is 23.7 Å². The van der Waals surface area contributed by atoms with Crippen LogP contribution in [0.15, 0.2) is 18.2 Å². The highest BCUT2D eigenvalue weighted by Gasteiger charge is 2.60. The van der Waals surface area contributed by atoms with Crippen molar-refractivity contribution < 1.29 is 14.4 Å². The number of hydrogen-bond acceptors (Lipinski definition) is 3. The standard InChI is InChI=1S/C19H21ClN2O3/c1-10-13(20)3-2-4-14(10)21-15(23)7-8-22-18(24)16-11-5-6-12(9-11)17(16)19(22)25/h2-4,11-12,16-17H,5-9H2,1H3,(H,21,23)/t11-,12+,16-,17+. The molecule has 6 heteroatoms. The molecule has 2 bridgehead atoms. The van der Waals surface area contributed by atoms with Gasteiger partial charge in [0.1, 0.15) is 0 Å². The topological polar surface area (TPSA) is 66.5 Å². The Bertz CT molecular complexity index is 735. The molecule has 4 rings (SSSR count). The summed E-state index contributed by atoms with van der Waals surface area (Å²) in [6.45, 7) is 2.00. The molecule has 1 saturated heterocycles. The minimum atomic E-state index is -0.217. The quantitative estimate of drug-likeness (QED) is 0.839. The van der Waals surface area contributed by atoms with Crippen LogP contribution in [-0.4, -0.2) is 29.2 Å². The lowest BCUT2D eigenvalue weighted by Crippen LogP contribution is -2.35. The molecule has 25 heavy (non-hydrogen) atoms. The summed E-state index contributed by atoms with van der Waals surface area (Å²) in [6.07, 6.45) is 3.26. The van der Waals surface area contributed by atoms with Crippen LogP contribution in [0.5, 0.6) is 0 Å². The van der Waals surface area contributed by atoms with Gasteiger partial charge in [0.2, 0.25) is 17.7 Å². The summed E-state index contributed by atoms with van der Waals surface area (Å²) in [6, 6.07) is 5.32. The number of rotatable bonds is 4. The van der Waals surface area contributed by atoms with Gasteiger partial charge in [-0.15, -0.1) is 0 Å². The Balaban J connectivity index is 1.38. The molecule has 1 heterocycles. The molecule has 2 saturated carbocycles. The van der Waals surface area contributed by atoms with Gasteiger partial charge in [-0.1, -0.05) is 17.7 Å². The fourth-order valence-electron chi connectivity index (χ4n) is 4.86. The second kappa shape index (κ2) is 6.13. The molecule has 1 aromatic rings. The molecule has 3 fully saturated rings. The zero-order chi connectivity index (χ0) is 17.7. The first-order valence-corrected chi connectivity index (χ1v) is 9.25. The lowest BCUT2D eigenvalue weighted by molar-refractivity contribution is -0.140. The van der Waals surface area contributed by atoms with Crippen molar-refractivity contribution in [1.82, 2.24) is 4.90 Å². The molecule has 4 atom stereocenters. The maximum absolute atomic E-state index is 12.6. The summed E-state index contributed by atoms with van der Waals surface area (Å²) < 4.78 is 0. The molecule has 2 aliphatic carbocycles. The van der Waals surface area contributed by atoms with Crippen LogP contribution in [-0.2, 0) is 14.4 Å². The van der Waals surface area contributed by atoms with E-state index < -0.39 is 0 Å². The molecule has 1 N–H and O–H groups in total. The van der Waals surface area contributed by atoms with Crippen LogP contribution in [0.2, 0.25) is 5.02 Å². The summed E-state index contributed by atoms with van der Waals surface area (Å²) in [5, 5.41) is 3.40. The molecule has 0 radical (unpaired) electrons. The molecule has 132 valence electrons. The number of nitrogens with one attached hydrogen (secondary N) is 1. The van der Waals surface area contributed by atoms with Crippen molar-refractivity contribution in [3.8, 4) is 0 Å². The van der Waals surface area contributed by atoms with Crippen molar-refractivity contribution in [2.75, 3.05) is 11.9 Å². The first-order chi connectivity index (χ1) is 12.0. The third-order valence-electron chi connectivity index (χ3n) is 6.12. The number of fused-ring (bicyclic) bond motifs is 5. The molecular formula is C19H21ClN2O3. The van der Waals surface area contributed by atoms with Crippen LogP contribution < -0.4 is 5.32 Å². The third kappa shape index (κ3) is 2.65. The Labute approximate surface area is 151 Å². The van der Waals surface area contributed by atoms with Gasteiger partial charge in [-0.2, -0.15) is 0 Å². The van der Waals surface area contributed by atoms with Gasteiger partial charge in [0, 0.05) is 23.7 Å². The molecule has 3 amide bonds. The Morgan fingerprint density at radius 1 is 1.20 bits per heavy atom. The van der Waals surface area contributed by atoms with E-state index in [2.05, 4.69) is 5.32 Å². The zero-order valence-electron chi connectivity index (χ0n) is 14.1. The lowest BCUT2D eigenvalue weighted by Gasteiger charge is -2.19. The van der Waals surface area contributed by atoms with E-state index in [0.29, 0.717) is 22.5 Å². The number of nitrogens with zero attached hydrogens (tertiary/aromatic N) is 1. The number of likely N-dealkylation sites (tertiary alicyclic amines) is 1. The second-order valence-corrected chi connectivity index (χ2v) is 7.83. The van der Waals surface area contributed by atoms with Crippen molar-refractivity contribution in [1.29, 1.82) is 0 Å². The van der Waals surface area contributed by atoms with Crippen molar-refractivity contribution >= 4 is 35.0 Å². The molecule has 0 unspecified atom stereocenters. The average molecular weight is 361 g/mol. The van der Waals surface area contributed by atoms with E-state index in [1.807, 2.05) is 6.92 Å². The summed E-state index contributed by atoms with van der Waals surface area (Å²) in [7, 11) is 0. The summed E-state index contributed by atoms with van der Waals surface area (Å²) in [4.78, 5) is 38.8. The van der Waals surface area contributed by atoms with E-state index in [1.165, 1.54) is 4.90 Å². The average Bonchev–Trinajstić information content (AvgIpc) is 3.25. The maximum atomic E-state index is 12.6. The molecule has 1 aliphatic heterocycles. The Morgan fingerprint density at radius 3 is 2.48 bits per heavy atom. The van der Waals surface area contributed by atoms with Gasteiger partial charge in [0.25, 0.3) is 0 Å². The van der Waals surface area contributed by atoms with E-state index in [1.54, 1.807) is 18.2 Å². The zero-order valence-corrected chi connectivity index (χ0v) is 14.9. The van der Waals surface area contributed by atoms with Crippen LogP contribution in [0.25, 0.3) is 0 Å². The Morgan fingerprint density at radius 2 is 1.84 bits per heavy atom. The summed E-state index contributed by atoms with van der Waals surface area (Å²) in [5.41, 5.74) is 1.46. The highest BCUT2D eigenvalue weighted by atomic mass is 35.5. The normalized spacial score (nSPS) is 30.1. The highest BCUT2D eigenvalue weighted by Crippen LogP contribution is 2.56. The minimum Gasteiger partial charge on any atom is -0.326 e. The first kappa shape index (κ1) is 16.6. The predicted octanol–water partition coefficient (Wildman–Crippen LogP) is 3.01. The number of anilines is 1. The number of amides is 3. The predicted molar refractivity (Wildman–Crippen MR) is 94.0 cm³/mol. The summed E-state index contributed by atoms with van der Waals surface area (Å²) in [5.74, 6) is 0.168. The number of carbonyl (C=O) groups excluding carboxylic acids is 3. The molecule has 0 aromatic heterocycles. The number of carbonyl (C=O) groups is 3. The largest absolute Gasteiger partial charge is 0.326 e. The van der Waals surface area contributed by atoms with E-state index in [-0.39, 0.29) is 42.5 Å². The fourth-order valence-corrected chi connectivity index (χ4v) is 5.03. The van der Waals surface area contributed by atoms with Crippen molar-refractivity contribution in [2.45, 2.75) is 32.6 Å². The van der Waals surface area contributed by atoms with Crippen LogP contribution in [0.1, 0.15) is 31.2 Å². The highest BCUT2D eigenvalue weighted by molar-refractivity contribution is 6.31.